The van der Waals surface area contributed by atoms with E-state index in [2.05, 4.69) is 10.1 Å². The number of methoxy groups -OCH3 is 1. The van der Waals surface area contributed by atoms with Crippen molar-refractivity contribution >= 4 is 11.7 Å². The topological polar surface area (TPSA) is 60.2 Å². The fourth-order valence-electron chi connectivity index (χ4n) is 2.74. The number of hydrogen-bond donors (Lipinski definition) is 0. The predicted octanol–water partition coefficient (Wildman–Crippen LogP) is 2.06. The zero-order chi connectivity index (χ0) is 15.7. The molecule has 0 spiro atoms. The minimum absolute atomic E-state index is 0.250. The molecule has 2 heterocycles. The first kappa shape index (κ1) is 14.6. The Bertz CT molecular complexity index is 676. The highest BCUT2D eigenvalue weighted by Gasteiger charge is 2.29. The Balaban J connectivity index is 1.93. The minimum Gasteiger partial charge on any atom is -0.467 e. The zero-order valence-corrected chi connectivity index (χ0v) is 13.1. The van der Waals surface area contributed by atoms with Gasteiger partial charge in [-0.3, -0.25) is 0 Å². The van der Waals surface area contributed by atoms with Crippen LogP contribution in [0.15, 0.2) is 24.3 Å². The highest BCUT2D eigenvalue weighted by Crippen LogP contribution is 2.27. The molecule has 1 aromatic heterocycles. The van der Waals surface area contributed by atoms with E-state index in [0.29, 0.717) is 5.82 Å². The number of aromatic nitrogens is 3. The second-order valence-electron chi connectivity index (χ2n) is 5.67. The molecule has 1 aromatic carbocycles. The number of hydrogen-bond acceptors (Lipinski definition) is 5. The smallest absolute Gasteiger partial charge is 0.330 e. The summed E-state index contributed by atoms with van der Waals surface area (Å²) in [4.78, 5) is 18.5. The fraction of sp³-hybridized carbons (Fsp3) is 0.438. The van der Waals surface area contributed by atoms with Gasteiger partial charge >= 0.3 is 5.97 Å². The summed E-state index contributed by atoms with van der Waals surface area (Å²) < 4.78 is 6.60. The summed E-state index contributed by atoms with van der Waals surface area (Å²) in [5.41, 5.74) is 2.08. The molecule has 1 aliphatic rings. The molecule has 6 heteroatoms. The number of fused-ring (bicyclic) bond motifs is 1. The maximum Gasteiger partial charge on any atom is 0.330 e. The van der Waals surface area contributed by atoms with Crippen molar-refractivity contribution in [3.05, 3.63) is 30.1 Å². The van der Waals surface area contributed by atoms with E-state index in [1.165, 1.54) is 7.11 Å². The molecule has 0 saturated carbocycles. The highest BCUT2D eigenvalue weighted by atomic mass is 16.5. The number of aryl methyl sites for hydroxylation is 1. The molecular weight excluding hydrogens is 280 g/mol. The number of carbonyl (C=O) groups excluding carboxylic acids is 1. The van der Waals surface area contributed by atoms with Gasteiger partial charge in [-0.2, -0.15) is 0 Å². The van der Waals surface area contributed by atoms with Crippen molar-refractivity contribution < 1.29 is 9.53 Å². The van der Waals surface area contributed by atoms with Crippen LogP contribution in [-0.2, 0) is 16.0 Å². The van der Waals surface area contributed by atoms with Crippen molar-refractivity contribution in [1.82, 2.24) is 14.8 Å². The Morgan fingerprint density at radius 3 is 2.68 bits per heavy atom. The maximum atomic E-state index is 11.9. The Morgan fingerprint density at radius 2 is 2.05 bits per heavy atom. The number of benzene rings is 1. The van der Waals surface area contributed by atoms with Gasteiger partial charge in [0, 0.05) is 31.8 Å². The van der Waals surface area contributed by atoms with Gasteiger partial charge in [0.05, 0.1) is 7.11 Å². The summed E-state index contributed by atoms with van der Waals surface area (Å²) in [6.45, 7) is 0. The van der Waals surface area contributed by atoms with Crippen LogP contribution in [0.4, 0.5) is 5.69 Å². The monoisotopic (exact) mass is 300 g/mol. The van der Waals surface area contributed by atoms with Crippen molar-refractivity contribution in [1.29, 1.82) is 0 Å². The molecule has 0 bridgehead atoms. The predicted molar refractivity (Wildman–Crippen MR) is 83.8 cm³/mol. The molecule has 0 amide bonds. The number of ether oxygens (including phenoxy) is 1. The van der Waals surface area contributed by atoms with Crippen LogP contribution < -0.4 is 4.90 Å². The first-order valence-electron chi connectivity index (χ1n) is 7.41. The van der Waals surface area contributed by atoms with E-state index >= 15 is 0 Å². The summed E-state index contributed by atoms with van der Waals surface area (Å²) in [5, 5.41) is 4.54. The van der Waals surface area contributed by atoms with Gasteiger partial charge in [0.1, 0.15) is 5.82 Å². The molecule has 1 atom stereocenters. The number of esters is 1. The molecule has 0 saturated heterocycles. The minimum atomic E-state index is -0.351. The molecule has 6 nitrogen and oxygen atoms in total. The van der Waals surface area contributed by atoms with Gasteiger partial charge in [-0.15, -0.1) is 5.10 Å². The summed E-state index contributed by atoms with van der Waals surface area (Å²) in [7, 11) is 5.42. The molecule has 0 fully saturated rings. The highest BCUT2D eigenvalue weighted by molar-refractivity contribution is 5.74. The molecule has 0 aliphatic carbocycles. The third-order valence-corrected chi connectivity index (χ3v) is 3.99. The Kier molecular flexibility index (Phi) is 3.83. The second-order valence-corrected chi connectivity index (χ2v) is 5.67. The van der Waals surface area contributed by atoms with E-state index < -0.39 is 0 Å². The van der Waals surface area contributed by atoms with E-state index in [4.69, 9.17) is 4.74 Å². The first-order chi connectivity index (χ1) is 10.6. The molecule has 116 valence electrons. The third-order valence-electron chi connectivity index (χ3n) is 3.99. The van der Waals surface area contributed by atoms with E-state index in [9.17, 15) is 4.79 Å². The van der Waals surface area contributed by atoms with Crippen LogP contribution in [0.5, 0.6) is 0 Å². The van der Waals surface area contributed by atoms with Gasteiger partial charge in [-0.1, -0.05) is 0 Å². The Morgan fingerprint density at radius 1 is 1.32 bits per heavy atom. The fourth-order valence-corrected chi connectivity index (χ4v) is 2.74. The van der Waals surface area contributed by atoms with Crippen molar-refractivity contribution in [2.45, 2.75) is 25.3 Å². The summed E-state index contributed by atoms with van der Waals surface area (Å²) in [6.07, 6.45) is 2.52. The van der Waals surface area contributed by atoms with Crippen LogP contribution in [0.2, 0.25) is 0 Å². The normalized spacial score (nSPS) is 17.0. The van der Waals surface area contributed by atoms with Crippen LogP contribution >= 0.6 is 0 Å². The van der Waals surface area contributed by atoms with Crippen LogP contribution in [0.25, 0.3) is 11.4 Å². The van der Waals surface area contributed by atoms with Crippen molar-refractivity contribution in [2.24, 2.45) is 0 Å². The van der Waals surface area contributed by atoms with E-state index in [1.54, 1.807) is 4.68 Å². The maximum absolute atomic E-state index is 11.9. The van der Waals surface area contributed by atoms with Crippen molar-refractivity contribution in [3.63, 3.8) is 0 Å². The lowest BCUT2D eigenvalue weighted by Crippen LogP contribution is -2.27. The average molecular weight is 300 g/mol. The van der Waals surface area contributed by atoms with Gasteiger partial charge in [0.25, 0.3) is 0 Å². The average Bonchev–Trinajstić information content (AvgIpc) is 2.98. The van der Waals surface area contributed by atoms with Crippen LogP contribution in [0.1, 0.15) is 24.7 Å². The van der Waals surface area contributed by atoms with Crippen molar-refractivity contribution in [3.8, 4) is 11.4 Å². The Hall–Kier alpha value is -2.37. The van der Waals surface area contributed by atoms with E-state index in [0.717, 1.165) is 36.3 Å². The number of nitrogens with zero attached hydrogens (tertiary/aromatic N) is 4. The van der Waals surface area contributed by atoms with E-state index in [1.807, 2.05) is 43.3 Å². The number of anilines is 1. The molecule has 3 rings (SSSR count). The number of rotatable bonds is 3. The van der Waals surface area contributed by atoms with Gasteiger partial charge < -0.3 is 9.64 Å². The van der Waals surface area contributed by atoms with Crippen molar-refractivity contribution in [2.75, 3.05) is 26.1 Å². The number of carbonyl (C=O) groups is 1. The SMILES string of the molecule is COC(=O)C1CCCc2nc(-c3ccc(N(C)C)cc3)nn21. The zero-order valence-electron chi connectivity index (χ0n) is 13.1. The first-order valence-corrected chi connectivity index (χ1v) is 7.41. The molecule has 2 aromatic rings. The molecule has 22 heavy (non-hydrogen) atoms. The standard InChI is InChI=1S/C16H20N4O2/c1-19(2)12-9-7-11(8-10-12)15-17-14-6-4-5-13(16(21)22-3)20(14)18-15/h7-10,13H,4-6H2,1-3H3. The third kappa shape index (κ3) is 2.56. The lowest BCUT2D eigenvalue weighted by atomic mass is 10.1. The Labute approximate surface area is 129 Å². The molecule has 1 aliphatic heterocycles. The van der Waals surface area contributed by atoms with Gasteiger partial charge in [0.2, 0.25) is 0 Å². The van der Waals surface area contributed by atoms with Gasteiger partial charge in [-0.25, -0.2) is 14.5 Å². The largest absolute Gasteiger partial charge is 0.467 e. The summed E-state index contributed by atoms with van der Waals surface area (Å²) in [5.74, 6) is 1.27. The van der Waals surface area contributed by atoms with Gasteiger partial charge in [-0.05, 0) is 37.1 Å². The lowest BCUT2D eigenvalue weighted by Gasteiger charge is -2.20. The van der Waals surface area contributed by atoms with Crippen LogP contribution in [0, 0.1) is 0 Å². The van der Waals surface area contributed by atoms with E-state index in [-0.39, 0.29) is 12.0 Å². The molecule has 1 unspecified atom stereocenters. The van der Waals surface area contributed by atoms with Crippen LogP contribution in [0.3, 0.4) is 0 Å². The molecule has 0 N–H and O–H groups in total. The second kappa shape index (κ2) is 5.79. The lowest BCUT2D eigenvalue weighted by molar-refractivity contribution is -0.145. The van der Waals surface area contributed by atoms with Gasteiger partial charge in [0.15, 0.2) is 11.9 Å². The summed E-state index contributed by atoms with van der Waals surface area (Å²) in [6, 6.07) is 7.73. The molecule has 0 radical (unpaired) electrons. The summed E-state index contributed by atoms with van der Waals surface area (Å²) >= 11 is 0. The quantitative estimate of drug-likeness (QED) is 0.812. The van der Waals surface area contributed by atoms with Crippen LogP contribution in [-0.4, -0.2) is 41.9 Å². The molecular formula is C16H20N4O2.